The van der Waals surface area contributed by atoms with Crippen LogP contribution in [0.4, 0.5) is 0 Å². The van der Waals surface area contributed by atoms with Gasteiger partial charge >= 0.3 is 0 Å². The average molecular weight is 251 g/mol. The molecule has 1 N–H and O–H groups in total. The van der Waals surface area contributed by atoms with Crippen molar-refractivity contribution >= 4 is 0 Å². The van der Waals surface area contributed by atoms with Crippen LogP contribution in [0.3, 0.4) is 0 Å². The van der Waals surface area contributed by atoms with Crippen molar-refractivity contribution in [2.75, 3.05) is 32.8 Å². The first kappa shape index (κ1) is 13.6. The minimum atomic E-state index is 0.521. The molecule has 2 rings (SSSR count). The maximum atomic E-state index is 5.36. The highest BCUT2D eigenvalue weighted by molar-refractivity contribution is 5.09. The highest BCUT2D eigenvalue weighted by Crippen LogP contribution is 2.03. The molecule has 1 aromatic heterocycles. The Hall–Kier alpha value is -0.840. The molecule has 0 aromatic carbocycles. The van der Waals surface area contributed by atoms with E-state index in [-0.39, 0.29) is 0 Å². The van der Waals surface area contributed by atoms with Gasteiger partial charge in [0.25, 0.3) is 0 Å². The zero-order chi connectivity index (χ0) is 12.8. The van der Waals surface area contributed by atoms with Crippen molar-refractivity contribution in [2.24, 2.45) is 0 Å². The molecule has 1 aromatic rings. The molecule has 1 aliphatic rings. The minimum Gasteiger partial charge on any atom is -0.379 e. The van der Waals surface area contributed by atoms with E-state index in [1.165, 1.54) is 5.56 Å². The number of morpholine rings is 1. The topological polar surface area (TPSA) is 29.4 Å². The first-order valence-electron chi connectivity index (χ1n) is 6.96. The van der Waals surface area contributed by atoms with Crippen LogP contribution in [0.15, 0.2) is 18.5 Å². The smallest absolute Gasteiger partial charge is 0.0594 e. The van der Waals surface area contributed by atoms with E-state index in [4.69, 9.17) is 4.74 Å². The van der Waals surface area contributed by atoms with Gasteiger partial charge in [-0.15, -0.1) is 0 Å². The van der Waals surface area contributed by atoms with Gasteiger partial charge in [-0.05, 0) is 25.5 Å². The van der Waals surface area contributed by atoms with Crippen molar-refractivity contribution in [1.29, 1.82) is 0 Å². The van der Waals surface area contributed by atoms with Crippen LogP contribution in [0, 0.1) is 0 Å². The Bertz CT molecular complexity index is 345. The normalized spacial score (nSPS) is 19.0. The summed E-state index contributed by atoms with van der Waals surface area (Å²) in [6.07, 6.45) is 4.36. The van der Waals surface area contributed by atoms with Gasteiger partial charge < -0.3 is 14.6 Å². The quantitative estimate of drug-likeness (QED) is 0.827. The molecule has 1 fully saturated rings. The fourth-order valence-electron chi connectivity index (χ4n) is 2.32. The summed E-state index contributed by atoms with van der Waals surface area (Å²) in [7, 11) is 0. The van der Waals surface area contributed by atoms with E-state index in [0.717, 1.165) is 45.9 Å². The van der Waals surface area contributed by atoms with Crippen LogP contribution in [-0.2, 0) is 17.8 Å². The van der Waals surface area contributed by atoms with Crippen LogP contribution in [0.25, 0.3) is 0 Å². The maximum Gasteiger partial charge on any atom is 0.0594 e. The van der Waals surface area contributed by atoms with Gasteiger partial charge in [0.2, 0.25) is 0 Å². The van der Waals surface area contributed by atoms with Gasteiger partial charge in [0, 0.05) is 51.2 Å². The molecular weight excluding hydrogens is 226 g/mol. The molecule has 18 heavy (non-hydrogen) atoms. The zero-order valence-corrected chi connectivity index (χ0v) is 11.6. The molecule has 4 nitrogen and oxygen atoms in total. The van der Waals surface area contributed by atoms with E-state index >= 15 is 0 Å². The lowest BCUT2D eigenvalue weighted by Crippen LogP contribution is -2.44. The monoisotopic (exact) mass is 251 g/mol. The average Bonchev–Trinajstić information content (AvgIpc) is 2.85. The van der Waals surface area contributed by atoms with Gasteiger partial charge in [0.1, 0.15) is 0 Å². The van der Waals surface area contributed by atoms with Crippen molar-refractivity contribution in [1.82, 2.24) is 14.8 Å². The van der Waals surface area contributed by atoms with E-state index in [9.17, 15) is 0 Å². The van der Waals surface area contributed by atoms with Crippen molar-refractivity contribution in [2.45, 2.75) is 33.0 Å². The molecule has 1 saturated heterocycles. The Balaban J connectivity index is 1.68. The standard InChI is InChI=1S/C14H25N3O/c1-3-16-5-4-14(12-16)10-15-13(2)11-17-6-8-18-9-7-17/h4-5,12-13,15H,3,6-11H2,1-2H3. The van der Waals surface area contributed by atoms with Gasteiger partial charge in [-0.3, -0.25) is 4.90 Å². The number of aromatic nitrogens is 1. The molecule has 4 heteroatoms. The molecule has 102 valence electrons. The number of aryl methyl sites for hydroxylation is 1. The van der Waals surface area contributed by atoms with Crippen molar-refractivity contribution in [3.05, 3.63) is 24.0 Å². The van der Waals surface area contributed by atoms with Crippen LogP contribution in [0.5, 0.6) is 0 Å². The lowest BCUT2D eigenvalue weighted by molar-refractivity contribution is 0.0343. The number of ether oxygens (including phenoxy) is 1. The van der Waals surface area contributed by atoms with Gasteiger partial charge in [-0.1, -0.05) is 0 Å². The van der Waals surface area contributed by atoms with Gasteiger partial charge in [-0.25, -0.2) is 0 Å². The Morgan fingerprint density at radius 2 is 2.17 bits per heavy atom. The lowest BCUT2D eigenvalue weighted by atomic mass is 10.2. The second kappa shape index (κ2) is 6.92. The third kappa shape index (κ3) is 4.12. The summed E-state index contributed by atoms with van der Waals surface area (Å²) >= 11 is 0. The molecule has 0 amide bonds. The molecule has 1 unspecified atom stereocenters. The van der Waals surface area contributed by atoms with Crippen molar-refractivity contribution in [3.63, 3.8) is 0 Å². The second-order valence-corrected chi connectivity index (χ2v) is 5.05. The lowest BCUT2D eigenvalue weighted by Gasteiger charge is -2.29. The predicted molar refractivity (Wildman–Crippen MR) is 73.7 cm³/mol. The Kier molecular flexibility index (Phi) is 5.23. The van der Waals surface area contributed by atoms with E-state index in [1.54, 1.807) is 0 Å². The molecule has 0 spiro atoms. The van der Waals surface area contributed by atoms with Crippen LogP contribution in [-0.4, -0.2) is 48.4 Å². The molecule has 0 radical (unpaired) electrons. The Morgan fingerprint density at radius 3 is 2.83 bits per heavy atom. The SMILES string of the molecule is CCn1ccc(CNC(C)CN2CCOCC2)c1. The fourth-order valence-corrected chi connectivity index (χ4v) is 2.32. The van der Waals surface area contributed by atoms with E-state index < -0.39 is 0 Å². The summed E-state index contributed by atoms with van der Waals surface area (Å²) in [5.41, 5.74) is 1.37. The summed E-state index contributed by atoms with van der Waals surface area (Å²) in [5.74, 6) is 0. The molecular formula is C14H25N3O. The van der Waals surface area contributed by atoms with Gasteiger partial charge in [0.05, 0.1) is 13.2 Å². The Labute approximate surface area is 110 Å². The van der Waals surface area contributed by atoms with Crippen LogP contribution < -0.4 is 5.32 Å². The maximum absolute atomic E-state index is 5.36. The summed E-state index contributed by atoms with van der Waals surface area (Å²) in [6.45, 7) is 11.4. The first-order chi connectivity index (χ1) is 8.78. The Morgan fingerprint density at radius 1 is 1.39 bits per heavy atom. The fraction of sp³-hybridized carbons (Fsp3) is 0.714. The molecule has 1 aliphatic heterocycles. The summed E-state index contributed by atoms with van der Waals surface area (Å²) in [6, 6.07) is 2.71. The third-order valence-corrected chi connectivity index (χ3v) is 3.47. The van der Waals surface area contributed by atoms with Crippen molar-refractivity contribution < 1.29 is 4.74 Å². The van der Waals surface area contributed by atoms with E-state index in [2.05, 4.69) is 47.1 Å². The number of hydrogen-bond donors (Lipinski definition) is 1. The number of nitrogens with one attached hydrogen (secondary N) is 1. The van der Waals surface area contributed by atoms with Gasteiger partial charge in [0.15, 0.2) is 0 Å². The van der Waals surface area contributed by atoms with Crippen LogP contribution in [0.1, 0.15) is 19.4 Å². The summed E-state index contributed by atoms with van der Waals surface area (Å²) < 4.78 is 7.57. The number of hydrogen-bond acceptors (Lipinski definition) is 3. The third-order valence-electron chi connectivity index (χ3n) is 3.47. The molecule has 0 saturated carbocycles. The minimum absolute atomic E-state index is 0.521. The highest BCUT2D eigenvalue weighted by Gasteiger charge is 2.13. The van der Waals surface area contributed by atoms with Gasteiger partial charge in [-0.2, -0.15) is 0 Å². The molecule has 0 bridgehead atoms. The number of nitrogens with zero attached hydrogens (tertiary/aromatic N) is 2. The van der Waals surface area contributed by atoms with E-state index in [1.807, 2.05) is 0 Å². The molecule has 1 atom stereocenters. The summed E-state index contributed by atoms with van der Waals surface area (Å²) in [4.78, 5) is 2.47. The van der Waals surface area contributed by atoms with Crippen LogP contribution >= 0.6 is 0 Å². The molecule has 0 aliphatic carbocycles. The predicted octanol–water partition coefficient (Wildman–Crippen LogP) is 1.32. The first-order valence-corrected chi connectivity index (χ1v) is 6.96. The van der Waals surface area contributed by atoms with Crippen LogP contribution in [0.2, 0.25) is 0 Å². The summed E-state index contributed by atoms with van der Waals surface area (Å²) in [5, 5.41) is 3.59. The largest absolute Gasteiger partial charge is 0.379 e. The second-order valence-electron chi connectivity index (χ2n) is 5.05. The van der Waals surface area contributed by atoms with E-state index in [0.29, 0.717) is 6.04 Å². The zero-order valence-electron chi connectivity index (χ0n) is 11.6. The molecule has 2 heterocycles. The number of rotatable bonds is 6. The van der Waals surface area contributed by atoms with Crippen molar-refractivity contribution in [3.8, 4) is 0 Å². The highest BCUT2D eigenvalue weighted by atomic mass is 16.5.